The van der Waals surface area contributed by atoms with E-state index in [-0.39, 0.29) is 0 Å². The SMILES string of the molecule is CCc1ccccc1-n1ncc2c(Cl)nc(C)nc21. The van der Waals surface area contributed by atoms with Crippen molar-refractivity contribution in [1.29, 1.82) is 0 Å². The lowest BCUT2D eigenvalue weighted by molar-refractivity contribution is 0.872. The number of nitrogens with zero attached hydrogens (tertiary/aromatic N) is 4. The number of halogens is 1. The first-order chi connectivity index (χ1) is 9.20. The first kappa shape index (κ1) is 12.1. The first-order valence-corrected chi connectivity index (χ1v) is 6.54. The number of benzene rings is 1. The molecule has 0 bridgehead atoms. The van der Waals surface area contributed by atoms with Crippen molar-refractivity contribution < 1.29 is 0 Å². The molecule has 2 heterocycles. The standard InChI is InChI=1S/C14H13ClN4/c1-3-10-6-4-5-7-12(10)19-14-11(8-16-19)13(15)17-9(2)18-14/h4-8H,3H2,1-2H3. The molecule has 0 spiro atoms. The summed E-state index contributed by atoms with van der Waals surface area (Å²) in [6.45, 7) is 3.95. The number of aromatic nitrogens is 4. The number of rotatable bonds is 2. The summed E-state index contributed by atoms with van der Waals surface area (Å²) >= 11 is 6.13. The molecule has 3 rings (SSSR count). The normalized spacial score (nSPS) is 11.1. The fourth-order valence-electron chi connectivity index (χ4n) is 2.17. The minimum atomic E-state index is 0.447. The van der Waals surface area contributed by atoms with Gasteiger partial charge in [-0.3, -0.25) is 0 Å². The monoisotopic (exact) mass is 272 g/mol. The molecule has 5 heteroatoms. The zero-order chi connectivity index (χ0) is 13.4. The summed E-state index contributed by atoms with van der Waals surface area (Å²) in [6, 6.07) is 8.16. The van der Waals surface area contributed by atoms with Crippen molar-refractivity contribution in [2.45, 2.75) is 20.3 Å². The Morgan fingerprint density at radius 1 is 1.21 bits per heavy atom. The predicted octanol–water partition coefficient (Wildman–Crippen LogP) is 3.34. The maximum atomic E-state index is 6.13. The molecule has 0 unspecified atom stereocenters. The van der Waals surface area contributed by atoms with Gasteiger partial charge in [0.25, 0.3) is 0 Å². The third kappa shape index (κ3) is 1.98. The van der Waals surface area contributed by atoms with Crippen LogP contribution >= 0.6 is 11.6 Å². The molecule has 4 nitrogen and oxygen atoms in total. The van der Waals surface area contributed by atoms with Crippen LogP contribution in [0.5, 0.6) is 0 Å². The van der Waals surface area contributed by atoms with Crippen LogP contribution in [0.1, 0.15) is 18.3 Å². The molecule has 0 aliphatic heterocycles. The van der Waals surface area contributed by atoms with Crippen LogP contribution in [0.2, 0.25) is 5.15 Å². The highest BCUT2D eigenvalue weighted by atomic mass is 35.5. The van der Waals surface area contributed by atoms with Gasteiger partial charge < -0.3 is 0 Å². The summed E-state index contributed by atoms with van der Waals surface area (Å²) in [5, 5.41) is 5.63. The third-order valence-corrected chi connectivity index (χ3v) is 3.38. The Kier molecular flexibility index (Phi) is 2.95. The maximum Gasteiger partial charge on any atom is 0.168 e. The van der Waals surface area contributed by atoms with Crippen LogP contribution in [0, 0.1) is 6.92 Å². The van der Waals surface area contributed by atoms with Crippen LogP contribution in [0.4, 0.5) is 0 Å². The van der Waals surface area contributed by atoms with Crippen LogP contribution in [-0.4, -0.2) is 19.7 Å². The Morgan fingerprint density at radius 3 is 2.79 bits per heavy atom. The van der Waals surface area contributed by atoms with Crippen LogP contribution in [-0.2, 0) is 6.42 Å². The summed E-state index contributed by atoms with van der Waals surface area (Å²) in [5.74, 6) is 0.647. The van der Waals surface area contributed by atoms with E-state index in [0.29, 0.717) is 11.0 Å². The maximum absolute atomic E-state index is 6.13. The molecule has 0 N–H and O–H groups in total. The predicted molar refractivity (Wildman–Crippen MR) is 75.8 cm³/mol. The topological polar surface area (TPSA) is 43.6 Å². The lowest BCUT2D eigenvalue weighted by Gasteiger charge is -2.08. The van der Waals surface area contributed by atoms with Crippen molar-refractivity contribution in [1.82, 2.24) is 19.7 Å². The molecule has 0 aliphatic rings. The van der Waals surface area contributed by atoms with Gasteiger partial charge >= 0.3 is 0 Å². The first-order valence-electron chi connectivity index (χ1n) is 6.17. The fraction of sp³-hybridized carbons (Fsp3) is 0.214. The minimum Gasteiger partial charge on any atom is -0.221 e. The Bertz CT molecular complexity index is 748. The van der Waals surface area contributed by atoms with E-state index in [1.807, 2.05) is 29.8 Å². The Morgan fingerprint density at radius 2 is 2.00 bits per heavy atom. The Labute approximate surface area is 116 Å². The van der Waals surface area contributed by atoms with Crippen LogP contribution in [0.25, 0.3) is 16.7 Å². The van der Waals surface area contributed by atoms with Crippen molar-refractivity contribution in [2.24, 2.45) is 0 Å². The quantitative estimate of drug-likeness (QED) is 0.672. The van der Waals surface area contributed by atoms with Crippen molar-refractivity contribution in [3.8, 4) is 5.69 Å². The van der Waals surface area contributed by atoms with Gasteiger partial charge in [0.15, 0.2) is 5.65 Å². The average Bonchev–Trinajstić information content (AvgIpc) is 2.82. The summed E-state index contributed by atoms with van der Waals surface area (Å²) in [4.78, 5) is 8.61. The molecule has 19 heavy (non-hydrogen) atoms. The number of hydrogen-bond donors (Lipinski definition) is 0. The second-order valence-corrected chi connectivity index (χ2v) is 4.70. The van der Waals surface area contributed by atoms with Crippen molar-refractivity contribution >= 4 is 22.6 Å². The van der Waals surface area contributed by atoms with E-state index in [9.17, 15) is 0 Å². The van der Waals surface area contributed by atoms with E-state index in [0.717, 1.165) is 23.1 Å². The van der Waals surface area contributed by atoms with Gasteiger partial charge in [-0.2, -0.15) is 5.10 Å². The van der Waals surface area contributed by atoms with Gasteiger partial charge in [-0.1, -0.05) is 36.7 Å². The second kappa shape index (κ2) is 4.63. The van der Waals surface area contributed by atoms with Crippen LogP contribution in [0.3, 0.4) is 0 Å². The van der Waals surface area contributed by atoms with Gasteiger partial charge in [-0.05, 0) is 25.0 Å². The van der Waals surface area contributed by atoms with E-state index in [1.165, 1.54) is 5.56 Å². The van der Waals surface area contributed by atoms with Crippen LogP contribution < -0.4 is 0 Å². The number of aryl methyl sites for hydroxylation is 2. The van der Waals surface area contributed by atoms with Gasteiger partial charge in [-0.25, -0.2) is 14.6 Å². The zero-order valence-electron chi connectivity index (χ0n) is 10.8. The summed E-state index contributed by atoms with van der Waals surface area (Å²) < 4.78 is 1.83. The Hall–Kier alpha value is -1.94. The molecule has 0 radical (unpaired) electrons. The molecule has 0 fully saturated rings. The molecule has 0 saturated carbocycles. The summed E-state index contributed by atoms with van der Waals surface area (Å²) in [5.41, 5.74) is 3.01. The zero-order valence-corrected chi connectivity index (χ0v) is 11.5. The minimum absolute atomic E-state index is 0.447. The van der Waals surface area contributed by atoms with Gasteiger partial charge in [0, 0.05) is 0 Å². The highest BCUT2D eigenvalue weighted by molar-refractivity contribution is 6.33. The van der Waals surface area contributed by atoms with E-state index in [1.54, 1.807) is 6.20 Å². The molecule has 1 aromatic carbocycles. The lowest BCUT2D eigenvalue weighted by Crippen LogP contribution is -2.02. The second-order valence-electron chi connectivity index (χ2n) is 4.34. The molecule has 0 atom stereocenters. The highest BCUT2D eigenvalue weighted by Gasteiger charge is 2.12. The van der Waals surface area contributed by atoms with Gasteiger partial charge in [0.05, 0.1) is 17.3 Å². The van der Waals surface area contributed by atoms with Gasteiger partial charge in [-0.15, -0.1) is 0 Å². The number of fused-ring (bicyclic) bond motifs is 1. The van der Waals surface area contributed by atoms with E-state index in [2.05, 4.69) is 28.1 Å². The van der Waals surface area contributed by atoms with E-state index in [4.69, 9.17) is 11.6 Å². The molecule has 96 valence electrons. The molecule has 3 aromatic rings. The highest BCUT2D eigenvalue weighted by Crippen LogP contribution is 2.24. The number of para-hydroxylation sites is 1. The van der Waals surface area contributed by atoms with E-state index < -0.39 is 0 Å². The molecular weight excluding hydrogens is 260 g/mol. The van der Waals surface area contributed by atoms with Gasteiger partial charge in [0.1, 0.15) is 11.0 Å². The van der Waals surface area contributed by atoms with Gasteiger partial charge in [0.2, 0.25) is 0 Å². The average molecular weight is 273 g/mol. The fourth-order valence-corrected chi connectivity index (χ4v) is 2.42. The van der Waals surface area contributed by atoms with Crippen molar-refractivity contribution in [3.63, 3.8) is 0 Å². The van der Waals surface area contributed by atoms with Crippen LogP contribution in [0.15, 0.2) is 30.5 Å². The lowest BCUT2D eigenvalue weighted by atomic mass is 10.1. The Balaban J connectivity index is 2.31. The number of hydrogen-bond acceptors (Lipinski definition) is 3. The smallest absolute Gasteiger partial charge is 0.168 e. The molecular formula is C14H13ClN4. The third-order valence-electron chi connectivity index (χ3n) is 3.09. The summed E-state index contributed by atoms with van der Waals surface area (Å²) in [6.07, 6.45) is 2.65. The molecule has 0 amide bonds. The molecule has 0 aliphatic carbocycles. The molecule has 2 aromatic heterocycles. The van der Waals surface area contributed by atoms with E-state index >= 15 is 0 Å². The molecule has 0 saturated heterocycles. The summed E-state index contributed by atoms with van der Waals surface area (Å²) in [7, 11) is 0. The van der Waals surface area contributed by atoms with Crippen molar-refractivity contribution in [2.75, 3.05) is 0 Å². The van der Waals surface area contributed by atoms with Crippen molar-refractivity contribution in [3.05, 3.63) is 47.0 Å². The largest absolute Gasteiger partial charge is 0.221 e.